The Kier molecular flexibility index (Phi) is 7.20. The molecule has 0 heterocycles. The number of carbonyl (C=O) groups is 2. The average Bonchev–Trinajstić information content (AvgIpc) is 2.78. The van der Waals surface area contributed by atoms with E-state index in [0.717, 1.165) is 12.1 Å². The number of nitrogens with one attached hydrogen (secondary N) is 1. The van der Waals surface area contributed by atoms with Crippen LogP contribution in [0.25, 0.3) is 0 Å². The molecule has 3 rings (SSSR count). The fraction of sp³-hybridized carbons (Fsp3) is 0.0909. The van der Waals surface area contributed by atoms with Crippen molar-refractivity contribution in [2.24, 2.45) is 0 Å². The lowest BCUT2D eigenvalue weighted by Crippen LogP contribution is -2.16. The molecule has 0 spiro atoms. The first-order valence-corrected chi connectivity index (χ1v) is 11.3. The fourth-order valence-electron chi connectivity index (χ4n) is 2.88. The molecule has 0 aliphatic rings. The van der Waals surface area contributed by atoms with Gasteiger partial charge in [0.2, 0.25) is 10.0 Å². The highest BCUT2D eigenvalue weighted by atomic mass is 32.2. The Morgan fingerprint density at radius 1 is 0.914 bits per heavy atom. The Morgan fingerprint density at radius 3 is 2.09 bits per heavy atom. The smallest absolute Gasteiger partial charge is 0.386 e. The molecule has 13 heteroatoms. The van der Waals surface area contributed by atoms with Crippen LogP contribution in [0.5, 0.6) is 0 Å². The van der Waals surface area contributed by atoms with E-state index < -0.39 is 49.9 Å². The van der Waals surface area contributed by atoms with Crippen molar-refractivity contribution in [3.05, 3.63) is 105 Å². The molecule has 0 saturated carbocycles. The van der Waals surface area contributed by atoms with Gasteiger partial charge in [0.05, 0.1) is 27.4 Å². The van der Waals surface area contributed by atoms with Gasteiger partial charge in [-0.05, 0) is 35.9 Å². The second kappa shape index (κ2) is 9.93. The normalized spacial score (nSPS) is 11.5. The van der Waals surface area contributed by atoms with Crippen molar-refractivity contribution in [1.82, 2.24) is 0 Å². The lowest BCUT2D eigenvalue weighted by atomic mass is 10.1. The van der Waals surface area contributed by atoms with Gasteiger partial charge in [-0.2, -0.15) is 13.2 Å². The lowest BCUT2D eigenvalue weighted by molar-refractivity contribution is -0.385. The van der Waals surface area contributed by atoms with Gasteiger partial charge in [-0.15, -0.1) is 0 Å². The van der Waals surface area contributed by atoms with Crippen LogP contribution in [0.15, 0.2) is 72.8 Å². The number of alkyl halides is 3. The average molecular weight is 508 g/mol. The van der Waals surface area contributed by atoms with Gasteiger partial charge in [-0.1, -0.05) is 30.3 Å². The van der Waals surface area contributed by atoms with Gasteiger partial charge in [-0.3, -0.25) is 14.8 Å². The maximum atomic E-state index is 13.0. The molecular weight excluding hydrogens is 493 g/mol. The van der Waals surface area contributed by atoms with Gasteiger partial charge in [0.15, 0.2) is 0 Å². The van der Waals surface area contributed by atoms with Crippen molar-refractivity contribution >= 4 is 33.3 Å². The Balaban J connectivity index is 1.71. The Labute approximate surface area is 196 Å². The molecule has 0 aliphatic carbocycles. The van der Waals surface area contributed by atoms with Crippen molar-refractivity contribution in [2.75, 3.05) is 4.72 Å². The van der Waals surface area contributed by atoms with Crippen molar-refractivity contribution < 1.29 is 40.8 Å². The van der Waals surface area contributed by atoms with Crippen molar-refractivity contribution in [2.45, 2.75) is 11.9 Å². The van der Waals surface area contributed by atoms with E-state index in [1.165, 1.54) is 12.1 Å². The zero-order chi connectivity index (χ0) is 25.8. The number of hydrogen-bond acceptors (Lipinski definition) is 7. The van der Waals surface area contributed by atoms with Crippen LogP contribution in [0.2, 0.25) is 0 Å². The standard InChI is InChI=1S/C22H15F3N2O7S/c23-22(24,25)17-10-16(11-19(12-17)27(30)31)21(29)34-20(28)15-6-8-18(9-7-15)26-35(32,33)13-14-4-2-1-3-5-14/h1-12,26H,13H2. The third-order valence-electron chi connectivity index (χ3n) is 4.47. The number of ether oxygens (including phenoxy) is 1. The second-order valence-electron chi connectivity index (χ2n) is 7.12. The van der Waals surface area contributed by atoms with E-state index in [9.17, 15) is 41.3 Å². The van der Waals surface area contributed by atoms with Crippen LogP contribution >= 0.6 is 0 Å². The minimum absolute atomic E-state index is 0.109. The van der Waals surface area contributed by atoms with E-state index in [1.54, 1.807) is 30.3 Å². The number of sulfonamides is 1. The summed E-state index contributed by atoms with van der Waals surface area (Å²) >= 11 is 0. The summed E-state index contributed by atoms with van der Waals surface area (Å²) in [6.45, 7) is 0. The first kappa shape index (κ1) is 25.4. The molecule has 0 fully saturated rings. The van der Waals surface area contributed by atoms with E-state index in [4.69, 9.17) is 0 Å². The molecule has 0 saturated heterocycles. The summed E-state index contributed by atoms with van der Waals surface area (Å²) < 4.78 is 70.4. The van der Waals surface area contributed by atoms with E-state index >= 15 is 0 Å². The number of halogens is 3. The number of nitro benzene ring substituents is 1. The Bertz CT molecular complexity index is 1370. The minimum Gasteiger partial charge on any atom is -0.386 e. The highest BCUT2D eigenvalue weighted by molar-refractivity contribution is 7.91. The summed E-state index contributed by atoms with van der Waals surface area (Å²) in [5, 5.41) is 10.9. The van der Waals surface area contributed by atoms with Crippen molar-refractivity contribution in [1.29, 1.82) is 0 Å². The molecular formula is C22H15F3N2O7S. The molecule has 0 aliphatic heterocycles. The van der Waals surface area contributed by atoms with Gasteiger partial charge >= 0.3 is 18.1 Å². The molecule has 0 unspecified atom stereocenters. The number of nitrogens with zero attached hydrogens (tertiary/aromatic N) is 1. The van der Waals surface area contributed by atoms with Crippen molar-refractivity contribution in [3.8, 4) is 0 Å². The van der Waals surface area contributed by atoms with Crippen LogP contribution < -0.4 is 4.72 Å². The molecule has 0 bridgehead atoms. The van der Waals surface area contributed by atoms with E-state index in [0.29, 0.717) is 17.7 Å². The van der Waals surface area contributed by atoms with E-state index in [-0.39, 0.29) is 23.1 Å². The number of nitro groups is 1. The Hall–Kier alpha value is -4.26. The van der Waals surface area contributed by atoms with Gasteiger partial charge in [0.1, 0.15) is 0 Å². The largest absolute Gasteiger partial charge is 0.416 e. The maximum absolute atomic E-state index is 13.0. The van der Waals surface area contributed by atoms with E-state index in [2.05, 4.69) is 9.46 Å². The number of benzene rings is 3. The molecule has 35 heavy (non-hydrogen) atoms. The molecule has 0 atom stereocenters. The number of rotatable bonds is 7. The highest BCUT2D eigenvalue weighted by Crippen LogP contribution is 2.33. The summed E-state index contributed by atoms with van der Waals surface area (Å²) in [6, 6.07) is 14.2. The Morgan fingerprint density at radius 2 is 1.51 bits per heavy atom. The van der Waals surface area contributed by atoms with Crippen LogP contribution in [-0.4, -0.2) is 25.3 Å². The molecule has 3 aromatic carbocycles. The number of non-ortho nitro benzene ring substituents is 1. The van der Waals surface area contributed by atoms with Gasteiger partial charge in [0, 0.05) is 17.8 Å². The van der Waals surface area contributed by atoms with Gasteiger partial charge in [-0.25, -0.2) is 18.0 Å². The maximum Gasteiger partial charge on any atom is 0.416 e. The van der Waals surface area contributed by atoms with Gasteiger partial charge in [0.25, 0.3) is 5.69 Å². The highest BCUT2D eigenvalue weighted by Gasteiger charge is 2.34. The number of hydrogen-bond donors (Lipinski definition) is 1. The predicted molar refractivity (Wildman–Crippen MR) is 117 cm³/mol. The van der Waals surface area contributed by atoms with Crippen LogP contribution in [0.4, 0.5) is 24.5 Å². The van der Waals surface area contributed by atoms with E-state index in [1.807, 2.05) is 0 Å². The molecule has 0 amide bonds. The first-order chi connectivity index (χ1) is 16.3. The summed E-state index contributed by atoms with van der Waals surface area (Å²) in [6.07, 6.45) is -4.98. The molecule has 0 aromatic heterocycles. The van der Waals surface area contributed by atoms with Crippen LogP contribution in [0.3, 0.4) is 0 Å². The topological polar surface area (TPSA) is 133 Å². The van der Waals surface area contributed by atoms with Crippen LogP contribution in [0.1, 0.15) is 31.8 Å². The summed E-state index contributed by atoms with van der Waals surface area (Å²) in [4.78, 5) is 34.2. The molecule has 0 radical (unpaired) electrons. The summed E-state index contributed by atoms with van der Waals surface area (Å²) in [5.41, 5.74) is -2.87. The second-order valence-corrected chi connectivity index (χ2v) is 8.85. The third kappa shape index (κ3) is 6.86. The summed E-state index contributed by atoms with van der Waals surface area (Å²) in [5.74, 6) is -3.08. The molecule has 9 nitrogen and oxygen atoms in total. The number of esters is 2. The molecule has 1 N–H and O–H groups in total. The summed E-state index contributed by atoms with van der Waals surface area (Å²) in [7, 11) is -3.77. The minimum atomic E-state index is -4.98. The number of anilines is 1. The SMILES string of the molecule is O=C(OC(=O)c1cc([N+](=O)[O-])cc(C(F)(F)F)c1)c1ccc(NS(=O)(=O)Cc2ccccc2)cc1. The number of carbonyl (C=O) groups excluding carboxylic acids is 2. The zero-order valence-electron chi connectivity index (χ0n) is 17.5. The monoisotopic (exact) mass is 508 g/mol. The molecule has 182 valence electrons. The van der Waals surface area contributed by atoms with Gasteiger partial charge < -0.3 is 4.74 Å². The fourth-order valence-corrected chi connectivity index (χ4v) is 4.08. The first-order valence-electron chi connectivity index (χ1n) is 9.62. The predicted octanol–water partition coefficient (Wildman–Crippen LogP) is 4.55. The molecule has 3 aromatic rings. The van der Waals surface area contributed by atoms with Crippen LogP contribution in [-0.2, 0) is 26.7 Å². The van der Waals surface area contributed by atoms with Crippen molar-refractivity contribution in [3.63, 3.8) is 0 Å². The van der Waals surface area contributed by atoms with Crippen LogP contribution in [0, 0.1) is 10.1 Å². The zero-order valence-corrected chi connectivity index (χ0v) is 18.3. The lowest BCUT2D eigenvalue weighted by Gasteiger charge is -2.10. The quantitative estimate of drug-likeness (QED) is 0.214. The third-order valence-corrected chi connectivity index (χ3v) is 5.73.